The molecule has 0 amide bonds. The number of hydrogen-bond donors (Lipinski definition) is 2. The Morgan fingerprint density at radius 2 is 2.07 bits per heavy atom. The predicted octanol–water partition coefficient (Wildman–Crippen LogP) is 0.692. The Kier molecular flexibility index (Phi) is 2.64. The molecule has 1 aromatic heterocycles. The fourth-order valence-corrected chi connectivity index (χ4v) is 1.27. The lowest BCUT2D eigenvalue weighted by molar-refractivity contribution is 0.475. The standard InChI is InChI=1S/C10H12N4O/c1-11-6-10-12-7-14(13-10)8-2-4-9(15)5-3-8/h2-5,7,11,15H,6H2,1H3. The van der Waals surface area contributed by atoms with Crippen LogP contribution in [-0.2, 0) is 6.54 Å². The van der Waals surface area contributed by atoms with Crippen molar-refractivity contribution in [2.45, 2.75) is 6.54 Å². The zero-order chi connectivity index (χ0) is 10.7. The molecule has 5 nitrogen and oxygen atoms in total. The topological polar surface area (TPSA) is 63.0 Å². The normalized spacial score (nSPS) is 10.5. The van der Waals surface area contributed by atoms with Crippen LogP contribution in [0.15, 0.2) is 30.6 Å². The maximum atomic E-state index is 9.14. The summed E-state index contributed by atoms with van der Waals surface area (Å²) in [5, 5.41) is 16.4. The largest absolute Gasteiger partial charge is 0.508 e. The highest BCUT2D eigenvalue weighted by Gasteiger charge is 2.01. The van der Waals surface area contributed by atoms with Gasteiger partial charge in [-0.2, -0.15) is 0 Å². The smallest absolute Gasteiger partial charge is 0.164 e. The van der Waals surface area contributed by atoms with Crippen molar-refractivity contribution in [3.63, 3.8) is 0 Å². The molecule has 0 aliphatic carbocycles. The van der Waals surface area contributed by atoms with E-state index in [1.807, 2.05) is 7.05 Å². The molecule has 1 heterocycles. The van der Waals surface area contributed by atoms with E-state index in [9.17, 15) is 0 Å². The van der Waals surface area contributed by atoms with Crippen molar-refractivity contribution in [3.05, 3.63) is 36.4 Å². The van der Waals surface area contributed by atoms with Crippen molar-refractivity contribution in [2.24, 2.45) is 0 Å². The number of phenols is 1. The number of benzene rings is 1. The van der Waals surface area contributed by atoms with Crippen LogP contribution >= 0.6 is 0 Å². The van der Waals surface area contributed by atoms with Gasteiger partial charge in [-0.3, -0.25) is 0 Å². The van der Waals surface area contributed by atoms with Gasteiger partial charge in [-0.15, -0.1) is 5.10 Å². The highest BCUT2D eigenvalue weighted by molar-refractivity contribution is 5.35. The molecule has 1 aromatic carbocycles. The lowest BCUT2D eigenvalue weighted by atomic mass is 10.3. The zero-order valence-corrected chi connectivity index (χ0v) is 8.38. The molecule has 0 unspecified atom stereocenters. The highest BCUT2D eigenvalue weighted by Crippen LogP contribution is 2.12. The van der Waals surface area contributed by atoms with Gasteiger partial charge in [0.1, 0.15) is 12.1 Å². The minimum atomic E-state index is 0.245. The Balaban J connectivity index is 2.25. The van der Waals surface area contributed by atoms with Crippen LogP contribution in [0.1, 0.15) is 5.82 Å². The lowest BCUT2D eigenvalue weighted by Gasteiger charge is -1.99. The number of aromatic hydroxyl groups is 1. The summed E-state index contributed by atoms with van der Waals surface area (Å²) in [5.41, 5.74) is 0.877. The molecule has 2 aromatic rings. The van der Waals surface area contributed by atoms with Gasteiger partial charge in [0.05, 0.1) is 12.2 Å². The Morgan fingerprint density at radius 1 is 1.33 bits per heavy atom. The Labute approximate surface area is 87.4 Å². The summed E-state index contributed by atoms with van der Waals surface area (Å²) < 4.78 is 1.67. The predicted molar refractivity (Wildman–Crippen MR) is 55.8 cm³/mol. The van der Waals surface area contributed by atoms with Crippen molar-refractivity contribution >= 4 is 0 Å². The molecule has 0 spiro atoms. The summed E-state index contributed by atoms with van der Waals surface area (Å²) in [4.78, 5) is 4.13. The molecule has 0 atom stereocenters. The molecule has 5 heteroatoms. The van der Waals surface area contributed by atoms with E-state index in [0.717, 1.165) is 11.5 Å². The van der Waals surface area contributed by atoms with Crippen LogP contribution in [0.3, 0.4) is 0 Å². The van der Waals surface area contributed by atoms with E-state index in [4.69, 9.17) is 5.11 Å². The summed E-state index contributed by atoms with van der Waals surface area (Å²) in [6.45, 7) is 0.644. The Bertz CT molecular complexity index is 435. The highest BCUT2D eigenvalue weighted by atomic mass is 16.3. The Hall–Kier alpha value is -1.88. The van der Waals surface area contributed by atoms with Gasteiger partial charge in [0.15, 0.2) is 5.82 Å². The van der Waals surface area contributed by atoms with Crippen LogP contribution in [0.4, 0.5) is 0 Å². The monoisotopic (exact) mass is 204 g/mol. The fourth-order valence-electron chi connectivity index (χ4n) is 1.27. The van der Waals surface area contributed by atoms with Gasteiger partial charge in [0, 0.05) is 0 Å². The van der Waals surface area contributed by atoms with Crippen LogP contribution in [0, 0.1) is 0 Å². The van der Waals surface area contributed by atoms with E-state index in [2.05, 4.69) is 15.4 Å². The summed E-state index contributed by atoms with van der Waals surface area (Å²) in [7, 11) is 1.85. The van der Waals surface area contributed by atoms with E-state index in [1.165, 1.54) is 0 Å². The molecular weight excluding hydrogens is 192 g/mol. The third-order valence-electron chi connectivity index (χ3n) is 1.99. The number of phenolic OH excluding ortho intramolecular Hbond substituents is 1. The van der Waals surface area contributed by atoms with Gasteiger partial charge < -0.3 is 10.4 Å². The third kappa shape index (κ3) is 2.13. The minimum Gasteiger partial charge on any atom is -0.508 e. The molecular formula is C10H12N4O. The first-order valence-corrected chi connectivity index (χ1v) is 4.64. The molecule has 0 fully saturated rings. The van der Waals surface area contributed by atoms with Crippen LogP contribution in [0.2, 0.25) is 0 Å². The Morgan fingerprint density at radius 3 is 2.73 bits per heavy atom. The molecule has 0 radical (unpaired) electrons. The van der Waals surface area contributed by atoms with Crippen molar-refractivity contribution < 1.29 is 5.11 Å². The van der Waals surface area contributed by atoms with E-state index >= 15 is 0 Å². The van der Waals surface area contributed by atoms with E-state index in [0.29, 0.717) is 6.54 Å². The van der Waals surface area contributed by atoms with Crippen LogP contribution in [-0.4, -0.2) is 26.9 Å². The molecule has 15 heavy (non-hydrogen) atoms. The van der Waals surface area contributed by atoms with Gasteiger partial charge >= 0.3 is 0 Å². The second kappa shape index (κ2) is 4.10. The number of aromatic nitrogens is 3. The molecule has 0 aliphatic rings. The van der Waals surface area contributed by atoms with Crippen LogP contribution < -0.4 is 5.32 Å². The number of nitrogens with zero attached hydrogens (tertiary/aromatic N) is 3. The summed E-state index contributed by atoms with van der Waals surface area (Å²) in [5.74, 6) is 0.986. The number of nitrogens with one attached hydrogen (secondary N) is 1. The SMILES string of the molecule is CNCc1ncn(-c2ccc(O)cc2)n1. The maximum absolute atomic E-state index is 9.14. The first kappa shape index (κ1) is 9.67. The average Bonchev–Trinajstić information content (AvgIpc) is 2.68. The molecule has 0 saturated carbocycles. The second-order valence-electron chi connectivity index (χ2n) is 3.15. The number of hydrogen-bond acceptors (Lipinski definition) is 4. The van der Waals surface area contributed by atoms with Crippen molar-refractivity contribution in [2.75, 3.05) is 7.05 Å². The second-order valence-corrected chi connectivity index (χ2v) is 3.15. The van der Waals surface area contributed by atoms with Gasteiger partial charge in [0.25, 0.3) is 0 Å². The first-order chi connectivity index (χ1) is 7.29. The fraction of sp³-hybridized carbons (Fsp3) is 0.200. The summed E-state index contributed by atoms with van der Waals surface area (Å²) in [6.07, 6.45) is 1.65. The minimum absolute atomic E-state index is 0.245. The maximum Gasteiger partial charge on any atom is 0.164 e. The quantitative estimate of drug-likeness (QED) is 0.772. The van der Waals surface area contributed by atoms with E-state index in [-0.39, 0.29) is 5.75 Å². The molecule has 0 aliphatic heterocycles. The van der Waals surface area contributed by atoms with Gasteiger partial charge in [-0.1, -0.05) is 0 Å². The average molecular weight is 204 g/mol. The summed E-state index contributed by atoms with van der Waals surface area (Å²) >= 11 is 0. The van der Waals surface area contributed by atoms with E-state index < -0.39 is 0 Å². The van der Waals surface area contributed by atoms with Crippen molar-refractivity contribution in [1.82, 2.24) is 20.1 Å². The number of rotatable bonds is 3. The molecule has 2 N–H and O–H groups in total. The first-order valence-electron chi connectivity index (χ1n) is 4.64. The molecule has 0 saturated heterocycles. The molecule has 0 bridgehead atoms. The van der Waals surface area contributed by atoms with Gasteiger partial charge in [-0.05, 0) is 31.3 Å². The lowest BCUT2D eigenvalue weighted by Crippen LogP contribution is -2.07. The summed E-state index contributed by atoms with van der Waals surface area (Å²) in [6, 6.07) is 6.81. The van der Waals surface area contributed by atoms with Gasteiger partial charge in [0.2, 0.25) is 0 Å². The van der Waals surface area contributed by atoms with Crippen LogP contribution in [0.25, 0.3) is 5.69 Å². The van der Waals surface area contributed by atoms with Crippen molar-refractivity contribution in [3.8, 4) is 11.4 Å². The van der Waals surface area contributed by atoms with Gasteiger partial charge in [-0.25, -0.2) is 9.67 Å². The van der Waals surface area contributed by atoms with Crippen LogP contribution in [0.5, 0.6) is 5.75 Å². The van der Waals surface area contributed by atoms with E-state index in [1.54, 1.807) is 35.3 Å². The zero-order valence-electron chi connectivity index (χ0n) is 8.38. The van der Waals surface area contributed by atoms with Crippen molar-refractivity contribution in [1.29, 1.82) is 0 Å². The molecule has 78 valence electrons. The molecule has 2 rings (SSSR count). The third-order valence-corrected chi connectivity index (χ3v) is 1.99.